The summed E-state index contributed by atoms with van der Waals surface area (Å²) in [5.41, 5.74) is 1.60. The van der Waals surface area contributed by atoms with Gasteiger partial charge in [-0.25, -0.2) is 0 Å². The van der Waals surface area contributed by atoms with Crippen LogP contribution < -0.4 is 4.74 Å². The molecule has 2 nitrogen and oxygen atoms in total. The summed E-state index contributed by atoms with van der Waals surface area (Å²) < 4.78 is 5.45. The van der Waals surface area contributed by atoms with Crippen LogP contribution in [0.25, 0.3) is 21.9 Å². The lowest BCUT2D eigenvalue weighted by molar-refractivity contribution is 0.420. The van der Waals surface area contributed by atoms with Crippen LogP contribution in [0.5, 0.6) is 11.5 Å². The number of phenols is 1. The molecule has 0 atom stereocenters. The molecule has 20 heavy (non-hydrogen) atoms. The summed E-state index contributed by atoms with van der Waals surface area (Å²) in [6.45, 7) is 0. The molecule has 0 fully saturated rings. The van der Waals surface area contributed by atoms with Crippen LogP contribution in [0.2, 0.25) is 5.02 Å². The third-order valence-electron chi connectivity index (χ3n) is 3.34. The highest BCUT2D eigenvalue weighted by Crippen LogP contribution is 2.39. The predicted octanol–water partition coefficient (Wildman–Crippen LogP) is 4.87. The summed E-state index contributed by atoms with van der Waals surface area (Å²) >= 11 is 6.05. The van der Waals surface area contributed by atoms with Crippen molar-refractivity contribution in [3.05, 3.63) is 59.6 Å². The van der Waals surface area contributed by atoms with Crippen molar-refractivity contribution in [1.82, 2.24) is 0 Å². The van der Waals surface area contributed by atoms with E-state index in [4.69, 9.17) is 16.3 Å². The molecular formula is C17H13ClO2. The molecule has 1 N–H and O–H groups in total. The number of hydrogen-bond donors (Lipinski definition) is 1. The summed E-state index contributed by atoms with van der Waals surface area (Å²) in [6, 6.07) is 16.8. The number of ether oxygens (including phenoxy) is 1. The lowest BCUT2D eigenvalue weighted by atomic mass is 9.97. The molecule has 3 aromatic rings. The number of halogens is 1. The highest BCUT2D eigenvalue weighted by Gasteiger charge is 2.12. The van der Waals surface area contributed by atoms with Crippen LogP contribution in [0.15, 0.2) is 54.6 Å². The number of aromatic hydroxyl groups is 1. The average molecular weight is 285 g/mol. The largest absolute Gasteiger partial charge is 0.507 e. The summed E-state index contributed by atoms with van der Waals surface area (Å²) in [5, 5.41) is 12.7. The fourth-order valence-electron chi connectivity index (χ4n) is 2.43. The number of rotatable bonds is 2. The third kappa shape index (κ3) is 2.08. The summed E-state index contributed by atoms with van der Waals surface area (Å²) in [6.07, 6.45) is 0. The molecule has 0 amide bonds. The van der Waals surface area contributed by atoms with Crippen LogP contribution in [0.1, 0.15) is 0 Å². The van der Waals surface area contributed by atoms with Crippen molar-refractivity contribution in [1.29, 1.82) is 0 Å². The molecule has 0 aromatic heterocycles. The molecule has 0 saturated heterocycles. The van der Waals surface area contributed by atoms with E-state index in [0.29, 0.717) is 10.6 Å². The smallest absolute Gasteiger partial charge is 0.127 e. The molecule has 0 radical (unpaired) electrons. The van der Waals surface area contributed by atoms with Crippen molar-refractivity contribution >= 4 is 22.4 Å². The second-order valence-electron chi connectivity index (χ2n) is 4.53. The van der Waals surface area contributed by atoms with Gasteiger partial charge in [-0.3, -0.25) is 0 Å². The quantitative estimate of drug-likeness (QED) is 0.727. The molecular weight excluding hydrogens is 272 g/mol. The lowest BCUT2D eigenvalue weighted by Crippen LogP contribution is -1.88. The van der Waals surface area contributed by atoms with Gasteiger partial charge in [0.15, 0.2) is 0 Å². The van der Waals surface area contributed by atoms with E-state index in [1.54, 1.807) is 25.3 Å². The Kier molecular flexibility index (Phi) is 3.25. The van der Waals surface area contributed by atoms with Gasteiger partial charge in [0.25, 0.3) is 0 Å². The minimum Gasteiger partial charge on any atom is -0.507 e. The van der Waals surface area contributed by atoms with E-state index in [1.807, 2.05) is 36.4 Å². The van der Waals surface area contributed by atoms with Gasteiger partial charge in [-0.2, -0.15) is 0 Å². The molecule has 0 aliphatic carbocycles. The monoisotopic (exact) mass is 284 g/mol. The van der Waals surface area contributed by atoms with E-state index in [0.717, 1.165) is 22.1 Å². The van der Waals surface area contributed by atoms with Crippen LogP contribution >= 0.6 is 11.6 Å². The average Bonchev–Trinajstić information content (AvgIpc) is 2.48. The van der Waals surface area contributed by atoms with Crippen molar-refractivity contribution in [2.24, 2.45) is 0 Å². The molecule has 0 spiro atoms. The zero-order valence-corrected chi connectivity index (χ0v) is 11.7. The molecule has 3 rings (SSSR count). The van der Waals surface area contributed by atoms with Crippen LogP contribution in [-0.4, -0.2) is 12.2 Å². The van der Waals surface area contributed by atoms with Gasteiger partial charge < -0.3 is 9.84 Å². The van der Waals surface area contributed by atoms with E-state index in [1.165, 1.54) is 0 Å². The zero-order chi connectivity index (χ0) is 14.1. The zero-order valence-electron chi connectivity index (χ0n) is 10.9. The van der Waals surface area contributed by atoms with Crippen LogP contribution in [0, 0.1) is 0 Å². The van der Waals surface area contributed by atoms with Crippen LogP contribution in [-0.2, 0) is 0 Å². The maximum Gasteiger partial charge on any atom is 0.127 e. The number of benzene rings is 3. The van der Waals surface area contributed by atoms with E-state index < -0.39 is 0 Å². The molecule has 0 saturated carbocycles. The number of methoxy groups -OCH3 is 1. The maximum atomic E-state index is 10.1. The van der Waals surface area contributed by atoms with Crippen LogP contribution in [0.4, 0.5) is 0 Å². The highest BCUT2D eigenvalue weighted by atomic mass is 35.5. The standard InChI is InChI=1S/C17H13ClO2/c1-20-16-7-3-5-11-4-2-6-13(17(11)16)14-10-12(18)8-9-15(14)19/h2-10,19H,1H3. The molecule has 3 heteroatoms. The first-order valence-electron chi connectivity index (χ1n) is 6.25. The predicted molar refractivity (Wildman–Crippen MR) is 82.6 cm³/mol. The number of fused-ring (bicyclic) bond motifs is 1. The van der Waals surface area contributed by atoms with E-state index in [9.17, 15) is 5.11 Å². The van der Waals surface area contributed by atoms with Gasteiger partial charge in [-0.15, -0.1) is 0 Å². The molecule has 0 aliphatic rings. The minimum absolute atomic E-state index is 0.202. The number of phenolic OH excluding ortho intramolecular Hbond substituents is 1. The normalized spacial score (nSPS) is 10.7. The van der Waals surface area contributed by atoms with Gasteiger partial charge in [0.2, 0.25) is 0 Å². The van der Waals surface area contributed by atoms with Crippen molar-refractivity contribution < 1.29 is 9.84 Å². The van der Waals surface area contributed by atoms with Crippen molar-refractivity contribution in [2.45, 2.75) is 0 Å². The second-order valence-corrected chi connectivity index (χ2v) is 4.96. The molecule has 0 heterocycles. The summed E-state index contributed by atoms with van der Waals surface area (Å²) in [7, 11) is 1.64. The Morgan fingerprint density at radius 3 is 2.45 bits per heavy atom. The Labute approximate surface area is 122 Å². The minimum atomic E-state index is 0.202. The van der Waals surface area contributed by atoms with Crippen molar-refractivity contribution in [3.63, 3.8) is 0 Å². The van der Waals surface area contributed by atoms with Gasteiger partial charge in [0.1, 0.15) is 11.5 Å². The molecule has 0 unspecified atom stereocenters. The van der Waals surface area contributed by atoms with Crippen molar-refractivity contribution in [2.75, 3.05) is 7.11 Å². The third-order valence-corrected chi connectivity index (χ3v) is 3.57. The van der Waals surface area contributed by atoms with Crippen molar-refractivity contribution in [3.8, 4) is 22.6 Å². The Hall–Kier alpha value is -2.19. The number of hydrogen-bond acceptors (Lipinski definition) is 2. The SMILES string of the molecule is COc1cccc2cccc(-c3cc(Cl)ccc3O)c12. The van der Waals surface area contributed by atoms with Crippen LogP contribution in [0.3, 0.4) is 0 Å². The maximum absolute atomic E-state index is 10.1. The first kappa shape index (κ1) is 12.8. The van der Waals surface area contributed by atoms with E-state index in [-0.39, 0.29) is 5.75 Å². The fourth-order valence-corrected chi connectivity index (χ4v) is 2.60. The van der Waals surface area contributed by atoms with Gasteiger partial charge in [-0.1, -0.05) is 41.9 Å². The highest BCUT2D eigenvalue weighted by molar-refractivity contribution is 6.31. The first-order chi connectivity index (χ1) is 9.70. The summed E-state index contributed by atoms with van der Waals surface area (Å²) in [5.74, 6) is 0.977. The van der Waals surface area contributed by atoms with Gasteiger partial charge >= 0.3 is 0 Å². The Morgan fingerprint density at radius 1 is 0.950 bits per heavy atom. The Bertz CT molecular complexity index is 776. The second kappa shape index (κ2) is 5.06. The van der Waals surface area contributed by atoms with Gasteiger partial charge in [0.05, 0.1) is 7.11 Å². The topological polar surface area (TPSA) is 29.5 Å². The first-order valence-corrected chi connectivity index (χ1v) is 6.63. The molecule has 3 aromatic carbocycles. The Balaban J connectivity index is 2.39. The molecule has 0 aliphatic heterocycles. The van der Waals surface area contributed by atoms with Gasteiger partial charge in [0, 0.05) is 16.0 Å². The van der Waals surface area contributed by atoms with E-state index >= 15 is 0 Å². The Morgan fingerprint density at radius 2 is 1.70 bits per heavy atom. The van der Waals surface area contributed by atoms with Gasteiger partial charge in [-0.05, 0) is 35.2 Å². The molecule has 0 bridgehead atoms. The summed E-state index contributed by atoms with van der Waals surface area (Å²) in [4.78, 5) is 0. The molecule has 100 valence electrons. The fraction of sp³-hybridized carbons (Fsp3) is 0.0588. The lowest BCUT2D eigenvalue weighted by Gasteiger charge is -2.12. The van der Waals surface area contributed by atoms with E-state index in [2.05, 4.69) is 0 Å².